The molecule has 1 N–H and O–H groups in total. The summed E-state index contributed by atoms with van der Waals surface area (Å²) >= 11 is 6.04. The predicted octanol–water partition coefficient (Wildman–Crippen LogP) is 3.16. The predicted molar refractivity (Wildman–Crippen MR) is 109 cm³/mol. The lowest BCUT2D eigenvalue weighted by molar-refractivity contribution is -0.0258. The molecule has 2 aromatic carbocycles. The highest BCUT2D eigenvalue weighted by atomic mass is 35.5. The largest absolute Gasteiger partial charge is 0.371 e. The van der Waals surface area contributed by atoms with E-state index in [1.54, 1.807) is 0 Å². The fourth-order valence-corrected chi connectivity index (χ4v) is 4.61. The second-order valence-electron chi connectivity index (χ2n) is 6.37. The standard InChI is InChI=1S/C19H22ClN3O4S/c1-4-23-10-9-13-5-7-15(12-17(13)23)21-19(24)14-6-8-16(20)18(11-14)28(25,26)22(2)27-3/h5-8,11-12H,4,9-10H2,1-3H3,(H,21,24). The topological polar surface area (TPSA) is 79.0 Å². The number of rotatable bonds is 6. The number of amides is 1. The maximum atomic E-state index is 12.7. The number of carbonyl (C=O) groups is 1. The number of fused-ring (bicyclic) bond motifs is 1. The molecule has 0 aliphatic carbocycles. The molecule has 2 aromatic rings. The van der Waals surface area contributed by atoms with E-state index in [-0.39, 0.29) is 15.5 Å². The van der Waals surface area contributed by atoms with E-state index in [1.807, 2.05) is 18.2 Å². The van der Waals surface area contributed by atoms with E-state index in [1.165, 1.54) is 37.9 Å². The number of benzene rings is 2. The van der Waals surface area contributed by atoms with Gasteiger partial charge in [-0.15, -0.1) is 0 Å². The zero-order chi connectivity index (χ0) is 20.5. The van der Waals surface area contributed by atoms with Crippen molar-refractivity contribution in [2.45, 2.75) is 18.2 Å². The van der Waals surface area contributed by atoms with E-state index >= 15 is 0 Å². The average Bonchev–Trinajstić information content (AvgIpc) is 3.09. The van der Waals surface area contributed by atoms with Gasteiger partial charge in [-0.25, -0.2) is 8.42 Å². The van der Waals surface area contributed by atoms with Crippen LogP contribution >= 0.6 is 11.6 Å². The number of hydrogen-bond acceptors (Lipinski definition) is 5. The van der Waals surface area contributed by atoms with Crippen LogP contribution in [0.15, 0.2) is 41.3 Å². The Morgan fingerprint density at radius 3 is 2.71 bits per heavy atom. The highest BCUT2D eigenvalue weighted by Crippen LogP contribution is 2.31. The molecule has 0 saturated heterocycles. The van der Waals surface area contributed by atoms with Crippen LogP contribution in [0.25, 0.3) is 0 Å². The Balaban J connectivity index is 1.87. The summed E-state index contributed by atoms with van der Waals surface area (Å²) in [6.07, 6.45) is 0.989. The van der Waals surface area contributed by atoms with Gasteiger partial charge in [-0.1, -0.05) is 22.1 Å². The number of sulfonamides is 1. The summed E-state index contributed by atoms with van der Waals surface area (Å²) in [5.41, 5.74) is 3.20. The van der Waals surface area contributed by atoms with Gasteiger partial charge in [0, 0.05) is 37.1 Å². The number of nitrogens with zero attached hydrogens (tertiary/aromatic N) is 2. The molecule has 0 bridgehead atoms. The zero-order valence-electron chi connectivity index (χ0n) is 15.9. The van der Waals surface area contributed by atoms with Crippen LogP contribution in [0.3, 0.4) is 0 Å². The van der Waals surface area contributed by atoms with E-state index in [2.05, 4.69) is 17.1 Å². The maximum absolute atomic E-state index is 12.7. The summed E-state index contributed by atoms with van der Waals surface area (Å²) < 4.78 is 25.7. The summed E-state index contributed by atoms with van der Waals surface area (Å²) in [5, 5.41) is 2.84. The van der Waals surface area contributed by atoms with E-state index in [9.17, 15) is 13.2 Å². The Kier molecular flexibility index (Phi) is 5.95. The molecule has 0 spiro atoms. The van der Waals surface area contributed by atoms with Crippen LogP contribution in [0.2, 0.25) is 5.02 Å². The Morgan fingerprint density at radius 1 is 1.29 bits per heavy atom. The molecular weight excluding hydrogens is 402 g/mol. The van der Waals surface area contributed by atoms with E-state index < -0.39 is 15.9 Å². The van der Waals surface area contributed by atoms with E-state index in [4.69, 9.17) is 16.4 Å². The number of likely N-dealkylation sites (N-methyl/N-ethyl adjacent to an activating group) is 1. The lowest BCUT2D eigenvalue weighted by atomic mass is 10.1. The molecule has 1 aliphatic rings. The summed E-state index contributed by atoms with van der Waals surface area (Å²) in [5.74, 6) is -0.422. The molecule has 0 saturated carbocycles. The van der Waals surface area contributed by atoms with Crippen LogP contribution in [0.5, 0.6) is 0 Å². The van der Waals surface area contributed by atoms with Crippen LogP contribution < -0.4 is 10.2 Å². The van der Waals surface area contributed by atoms with Gasteiger partial charge in [0.15, 0.2) is 0 Å². The minimum absolute atomic E-state index is 0.0107. The first-order valence-electron chi connectivity index (χ1n) is 8.79. The lowest BCUT2D eigenvalue weighted by Gasteiger charge is -2.18. The monoisotopic (exact) mass is 423 g/mol. The number of anilines is 2. The molecule has 28 heavy (non-hydrogen) atoms. The van der Waals surface area contributed by atoms with Crippen LogP contribution in [0.4, 0.5) is 11.4 Å². The summed E-state index contributed by atoms with van der Waals surface area (Å²) in [6, 6.07) is 9.90. The molecule has 0 radical (unpaired) electrons. The van der Waals surface area contributed by atoms with Crippen LogP contribution in [0.1, 0.15) is 22.8 Å². The Labute approximate surface area is 169 Å². The van der Waals surface area contributed by atoms with Crippen molar-refractivity contribution in [3.63, 3.8) is 0 Å². The van der Waals surface area contributed by atoms with Gasteiger partial charge in [0.1, 0.15) is 4.90 Å². The molecule has 150 valence electrons. The second-order valence-corrected chi connectivity index (χ2v) is 8.68. The fraction of sp³-hybridized carbons (Fsp3) is 0.316. The number of hydrogen-bond donors (Lipinski definition) is 1. The highest BCUT2D eigenvalue weighted by molar-refractivity contribution is 7.89. The van der Waals surface area contributed by atoms with E-state index in [0.29, 0.717) is 10.2 Å². The number of nitrogens with one attached hydrogen (secondary N) is 1. The normalized spacial score (nSPS) is 13.7. The van der Waals surface area contributed by atoms with Gasteiger partial charge in [0.05, 0.1) is 12.1 Å². The van der Waals surface area contributed by atoms with Gasteiger partial charge in [-0.3, -0.25) is 9.63 Å². The third kappa shape index (κ3) is 3.86. The molecular formula is C19H22ClN3O4S. The molecule has 9 heteroatoms. The van der Waals surface area contributed by atoms with E-state index in [0.717, 1.165) is 25.2 Å². The van der Waals surface area contributed by atoms with Crippen molar-refractivity contribution in [2.75, 3.05) is 37.5 Å². The maximum Gasteiger partial charge on any atom is 0.266 e. The fourth-order valence-electron chi connectivity index (χ4n) is 3.13. The van der Waals surface area contributed by atoms with Gasteiger partial charge >= 0.3 is 0 Å². The number of halogens is 1. The van der Waals surface area contributed by atoms with Gasteiger partial charge in [-0.2, -0.15) is 0 Å². The first-order valence-corrected chi connectivity index (χ1v) is 10.6. The van der Waals surface area contributed by atoms with Gasteiger partial charge < -0.3 is 10.2 Å². The van der Waals surface area contributed by atoms with Crippen molar-refractivity contribution >= 4 is 38.9 Å². The first-order chi connectivity index (χ1) is 13.3. The van der Waals surface area contributed by atoms with Crippen LogP contribution in [-0.2, 0) is 21.3 Å². The van der Waals surface area contributed by atoms with Crippen molar-refractivity contribution in [1.82, 2.24) is 4.47 Å². The molecule has 0 unspecified atom stereocenters. The molecule has 1 aliphatic heterocycles. The summed E-state index contributed by atoms with van der Waals surface area (Å²) in [6.45, 7) is 3.96. The summed E-state index contributed by atoms with van der Waals surface area (Å²) in [7, 11) is -1.49. The molecule has 0 atom stereocenters. The van der Waals surface area contributed by atoms with Crippen LogP contribution in [0, 0.1) is 0 Å². The first kappa shape index (κ1) is 20.6. The third-order valence-electron chi connectivity index (χ3n) is 4.78. The number of hydroxylamine groups is 1. The van der Waals surface area contributed by atoms with Crippen molar-refractivity contribution in [2.24, 2.45) is 0 Å². The average molecular weight is 424 g/mol. The molecule has 1 heterocycles. The molecule has 0 fully saturated rings. The van der Waals surface area contributed by atoms with Crippen molar-refractivity contribution in [3.05, 3.63) is 52.5 Å². The molecule has 1 amide bonds. The van der Waals surface area contributed by atoms with Crippen molar-refractivity contribution in [1.29, 1.82) is 0 Å². The zero-order valence-corrected chi connectivity index (χ0v) is 17.5. The third-order valence-corrected chi connectivity index (χ3v) is 6.94. The van der Waals surface area contributed by atoms with Gasteiger partial charge in [-0.05, 0) is 49.2 Å². The summed E-state index contributed by atoms with van der Waals surface area (Å²) in [4.78, 5) is 19.5. The second kappa shape index (κ2) is 8.08. The molecule has 0 aromatic heterocycles. The SMILES string of the molecule is CCN1CCc2ccc(NC(=O)c3ccc(Cl)c(S(=O)(=O)N(C)OC)c3)cc21. The van der Waals surface area contributed by atoms with Crippen molar-refractivity contribution < 1.29 is 18.0 Å². The molecule has 3 rings (SSSR count). The Morgan fingerprint density at radius 2 is 2.04 bits per heavy atom. The van der Waals surface area contributed by atoms with Crippen molar-refractivity contribution in [3.8, 4) is 0 Å². The van der Waals surface area contributed by atoms with Gasteiger partial charge in [0.2, 0.25) is 0 Å². The quantitative estimate of drug-likeness (QED) is 0.722. The minimum Gasteiger partial charge on any atom is -0.371 e. The van der Waals surface area contributed by atoms with Gasteiger partial charge in [0.25, 0.3) is 15.9 Å². The Bertz CT molecular complexity index is 1010. The highest BCUT2D eigenvalue weighted by Gasteiger charge is 2.25. The smallest absolute Gasteiger partial charge is 0.266 e. The Hall–Kier alpha value is -2.13. The van der Waals surface area contributed by atoms with Crippen LogP contribution in [-0.4, -0.2) is 46.0 Å². The number of carbonyl (C=O) groups excluding carboxylic acids is 1. The lowest BCUT2D eigenvalue weighted by Crippen LogP contribution is -2.26. The minimum atomic E-state index is -3.97. The molecule has 7 nitrogen and oxygen atoms in total.